The molecule has 0 unspecified atom stereocenters. The van der Waals surface area contributed by atoms with Crippen molar-refractivity contribution in [2.24, 2.45) is 0 Å². The minimum absolute atomic E-state index is 0.0677. The summed E-state index contributed by atoms with van der Waals surface area (Å²) in [5.74, 6) is -0.892. The molecule has 2 N–H and O–H groups in total. The van der Waals surface area contributed by atoms with Crippen molar-refractivity contribution < 1.29 is 35.9 Å². The number of aromatic nitrogens is 2. The van der Waals surface area contributed by atoms with Crippen molar-refractivity contribution in [2.45, 2.75) is 56.5 Å². The largest absolute Gasteiger partial charge is 0.495 e. The highest BCUT2D eigenvalue weighted by molar-refractivity contribution is 7.88. The first-order chi connectivity index (χ1) is 19.3. The van der Waals surface area contributed by atoms with E-state index in [4.69, 9.17) is 9.47 Å². The second-order valence-electron chi connectivity index (χ2n) is 10.4. The van der Waals surface area contributed by atoms with Gasteiger partial charge in [0.15, 0.2) is 0 Å². The van der Waals surface area contributed by atoms with Gasteiger partial charge in [-0.25, -0.2) is 13.4 Å². The van der Waals surface area contributed by atoms with Crippen LogP contribution in [-0.4, -0.2) is 92.2 Å². The Morgan fingerprint density at radius 2 is 1.88 bits per heavy atom. The van der Waals surface area contributed by atoms with Gasteiger partial charge in [-0.2, -0.15) is 22.5 Å². The third-order valence-electron chi connectivity index (χ3n) is 7.49. The molecule has 0 radical (unpaired) electrons. The van der Waals surface area contributed by atoms with Crippen molar-refractivity contribution in [3.63, 3.8) is 0 Å². The van der Waals surface area contributed by atoms with Crippen LogP contribution < -0.4 is 20.1 Å². The Labute approximate surface area is 237 Å². The average molecular weight is 601 g/mol. The van der Waals surface area contributed by atoms with E-state index < -0.39 is 39.8 Å². The molecule has 2 fully saturated rings. The highest BCUT2D eigenvalue weighted by Crippen LogP contribution is 2.38. The molecule has 15 heteroatoms. The molecule has 4 rings (SSSR count). The summed E-state index contributed by atoms with van der Waals surface area (Å²) in [6, 6.07) is 4.08. The lowest BCUT2D eigenvalue weighted by Crippen LogP contribution is -2.43. The van der Waals surface area contributed by atoms with Crippen molar-refractivity contribution >= 4 is 27.6 Å². The zero-order valence-corrected chi connectivity index (χ0v) is 24.2. The van der Waals surface area contributed by atoms with Crippen LogP contribution >= 0.6 is 0 Å². The van der Waals surface area contributed by atoms with Crippen molar-refractivity contribution in [1.82, 2.24) is 24.5 Å². The molecule has 2 aliphatic rings. The number of anilines is 2. The fraction of sp³-hybridized carbons (Fsp3) is 0.577. The van der Waals surface area contributed by atoms with Crippen molar-refractivity contribution in [1.29, 1.82) is 0 Å². The highest BCUT2D eigenvalue weighted by atomic mass is 32.2. The Bertz CT molecular complexity index is 1350. The second kappa shape index (κ2) is 12.4. The number of rotatable bonds is 9. The summed E-state index contributed by atoms with van der Waals surface area (Å²) in [7, 11) is 1.23. The van der Waals surface area contributed by atoms with E-state index in [1.165, 1.54) is 20.2 Å². The lowest BCUT2D eigenvalue weighted by Gasteiger charge is -2.29. The number of amides is 1. The molecule has 2 atom stereocenters. The van der Waals surface area contributed by atoms with E-state index in [-0.39, 0.29) is 23.6 Å². The number of methoxy groups -OCH3 is 1. The molecule has 1 aliphatic heterocycles. The minimum atomic E-state index is -4.80. The van der Waals surface area contributed by atoms with Gasteiger partial charge in [0.05, 0.1) is 25.1 Å². The molecule has 0 spiro atoms. The van der Waals surface area contributed by atoms with Crippen LogP contribution in [0.3, 0.4) is 0 Å². The molecule has 1 aliphatic carbocycles. The fourth-order valence-electron chi connectivity index (χ4n) is 5.04. The Morgan fingerprint density at radius 1 is 1.17 bits per heavy atom. The van der Waals surface area contributed by atoms with Gasteiger partial charge >= 0.3 is 6.18 Å². The van der Waals surface area contributed by atoms with Gasteiger partial charge in [-0.15, -0.1) is 0 Å². The smallest absolute Gasteiger partial charge is 0.423 e. The zero-order valence-electron chi connectivity index (χ0n) is 23.4. The number of piperidine rings is 1. The second-order valence-corrected chi connectivity index (χ2v) is 12.5. The molecule has 1 aromatic heterocycles. The third-order valence-corrected chi connectivity index (χ3v) is 8.81. The van der Waals surface area contributed by atoms with Crippen LogP contribution in [0.2, 0.25) is 0 Å². The number of benzene rings is 1. The van der Waals surface area contributed by atoms with Crippen LogP contribution in [0.25, 0.3) is 0 Å². The zero-order chi connectivity index (χ0) is 29.9. The number of sulfonamides is 1. The molecule has 226 valence electrons. The third kappa shape index (κ3) is 7.57. The molecule has 41 heavy (non-hydrogen) atoms. The molecule has 11 nitrogen and oxygen atoms in total. The Hall–Kier alpha value is -3.17. The van der Waals surface area contributed by atoms with Gasteiger partial charge < -0.3 is 25.0 Å². The summed E-state index contributed by atoms with van der Waals surface area (Å²) in [6.45, 7) is 1.79. The average Bonchev–Trinajstić information content (AvgIpc) is 3.36. The van der Waals surface area contributed by atoms with E-state index in [1.54, 1.807) is 12.1 Å². The molecule has 1 amide bonds. The van der Waals surface area contributed by atoms with E-state index in [1.807, 2.05) is 7.05 Å². The van der Waals surface area contributed by atoms with Crippen LogP contribution in [0.4, 0.5) is 24.8 Å². The van der Waals surface area contributed by atoms with Gasteiger partial charge in [0.1, 0.15) is 17.4 Å². The number of carbonyl (C=O) groups is 1. The van der Waals surface area contributed by atoms with Gasteiger partial charge in [-0.1, -0.05) is 0 Å². The van der Waals surface area contributed by atoms with E-state index in [2.05, 4.69) is 25.5 Å². The van der Waals surface area contributed by atoms with E-state index in [0.717, 1.165) is 36.5 Å². The monoisotopic (exact) mass is 600 g/mol. The Kier molecular flexibility index (Phi) is 9.29. The number of hydrogen-bond donors (Lipinski definition) is 2. The maximum absolute atomic E-state index is 13.8. The summed E-state index contributed by atoms with van der Waals surface area (Å²) in [5.41, 5.74) is -0.487. The number of ether oxygens (including phenoxy) is 2. The number of nitrogens with zero attached hydrogens (tertiary/aromatic N) is 4. The van der Waals surface area contributed by atoms with E-state index in [0.29, 0.717) is 36.7 Å². The molecular formula is C26H35F3N6O5S. The van der Waals surface area contributed by atoms with Gasteiger partial charge in [-0.3, -0.25) is 4.79 Å². The highest BCUT2D eigenvalue weighted by Gasteiger charge is 2.40. The molecule has 2 heterocycles. The lowest BCUT2D eigenvalue weighted by molar-refractivity contribution is -0.140. The Morgan fingerprint density at radius 3 is 2.51 bits per heavy atom. The van der Waals surface area contributed by atoms with Crippen molar-refractivity contribution in [3.8, 4) is 11.6 Å². The number of likely N-dealkylation sites (tertiary alicyclic amines) is 1. The fourth-order valence-corrected chi connectivity index (χ4v) is 5.77. The summed E-state index contributed by atoms with van der Waals surface area (Å²) in [4.78, 5) is 22.8. The maximum atomic E-state index is 13.8. The maximum Gasteiger partial charge on any atom is 0.423 e. The molecule has 0 bridgehead atoms. The van der Waals surface area contributed by atoms with E-state index >= 15 is 0 Å². The number of hydrogen-bond acceptors (Lipinski definition) is 9. The number of alkyl halides is 3. The van der Waals surface area contributed by atoms with Crippen LogP contribution in [0.1, 0.15) is 48.0 Å². The predicted octanol–water partition coefficient (Wildman–Crippen LogP) is 3.26. The molecule has 1 saturated heterocycles. The first kappa shape index (κ1) is 30.8. The first-order valence-electron chi connectivity index (χ1n) is 13.2. The minimum Gasteiger partial charge on any atom is -0.495 e. The van der Waals surface area contributed by atoms with Crippen LogP contribution in [0.15, 0.2) is 24.4 Å². The van der Waals surface area contributed by atoms with Gasteiger partial charge in [0.2, 0.25) is 21.9 Å². The molecular weight excluding hydrogens is 565 g/mol. The Balaban J connectivity index is 1.54. The topological polar surface area (TPSA) is 126 Å². The first-order valence-corrected chi connectivity index (χ1v) is 15.1. The van der Waals surface area contributed by atoms with Crippen molar-refractivity contribution in [3.05, 3.63) is 35.5 Å². The number of halogens is 3. The summed E-state index contributed by atoms with van der Waals surface area (Å²) in [6.07, 6.45) is -0.882. The van der Waals surface area contributed by atoms with Crippen LogP contribution in [0.5, 0.6) is 11.6 Å². The van der Waals surface area contributed by atoms with Crippen LogP contribution in [-0.2, 0) is 16.2 Å². The summed E-state index contributed by atoms with van der Waals surface area (Å²) < 4.78 is 77.8. The van der Waals surface area contributed by atoms with Gasteiger partial charge in [0, 0.05) is 24.8 Å². The molecule has 2 aromatic rings. The SMILES string of the molecule is COc1cc(C(=O)NC2CCN(C)CC2)ccc1Nc1ncc(C(F)(F)F)c(O[C@@H]2CCC[C@H]2N(C)S(C)(=O)=O)n1. The standard InChI is InChI=1S/C26H35F3N6O5S/c1-34-12-10-17(11-13-34)31-23(36)16-8-9-19(22(14-16)39-3)32-25-30-15-18(26(27,28)29)24(33-25)40-21-7-5-6-20(21)35(2)41(4,37)38/h8-9,14-15,17,20-21H,5-7,10-13H2,1-4H3,(H,31,36)(H,30,32,33)/t20-,21-/m1/s1. The molecule has 1 saturated carbocycles. The van der Waals surface area contributed by atoms with Crippen LogP contribution in [0, 0.1) is 0 Å². The normalized spacial score (nSPS) is 20.7. The summed E-state index contributed by atoms with van der Waals surface area (Å²) >= 11 is 0. The lowest BCUT2D eigenvalue weighted by atomic mass is 10.0. The van der Waals surface area contributed by atoms with Crippen molar-refractivity contribution in [2.75, 3.05) is 45.9 Å². The quantitative estimate of drug-likeness (QED) is 0.446. The van der Waals surface area contributed by atoms with Gasteiger partial charge in [0.25, 0.3) is 5.91 Å². The predicted molar refractivity (Wildman–Crippen MR) is 146 cm³/mol. The van der Waals surface area contributed by atoms with E-state index in [9.17, 15) is 26.4 Å². The molecule has 1 aromatic carbocycles. The number of likely N-dealkylation sites (N-methyl/N-ethyl adjacent to an activating group) is 1. The number of nitrogens with one attached hydrogen (secondary N) is 2. The van der Waals surface area contributed by atoms with Gasteiger partial charge in [-0.05, 0) is 70.4 Å². The summed E-state index contributed by atoms with van der Waals surface area (Å²) in [5, 5.41) is 5.87. The number of carbonyl (C=O) groups excluding carboxylic acids is 1.